The molecule has 0 aromatic heterocycles. The molecule has 1 unspecified atom stereocenters. The minimum absolute atomic E-state index is 0.184. The number of methoxy groups -OCH3 is 1. The lowest BCUT2D eigenvalue weighted by Crippen LogP contribution is -2.62. The third-order valence-electron chi connectivity index (χ3n) is 5.27. The van der Waals surface area contributed by atoms with Gasteiger partial charge in [0.05, 0.1) is 12.2 Å². The van der Waals surface area contributed by atoms with Crippen LogP contribution < -0.4 is 0 Å². The second kappa shape index (κ2) is 7.80. The molecule has 2 aliphatic rings. The number of amides is 1. The lowest BCUT2D eigenvalue weighted by molar-refractivity contribution is -0.286. The van der Waals surface area contributed by atoms with Gasteiger partial charge in [0, 0.05) is 19.6 Å². The van der Waals surface area contributed by atoms with Crippen LogP contribution in [0, 0.1) is 5.92 Å². The molecule has 8 nitrogen and oxygen atoms in total. The number of Topliss-reactive ketones (excluding diaryl/α,β-unsaturated/α-hetero) is 1. The quantitative estimate of drug-likeness (QED) is 0.691. The molecule has 1 amide bonds. The fourth-order valence-electron chi connectivity index (χ4n) is 3.67. The van der Waals surface area contributed by atoms with Crippen LogP contribution in [0.4, 0.5) is 0 Å². The van der Waals surface area contributed by atoms with Crippen molar-refractivity contribution in [3.8, 4) is 0 Å². The highest BCUT2D eigenvalue weighted by Gasteiger charge is 2.54. The fraction of sp³-hybridized carbons (Fsp3) is 0.824. The van der Waals surface area contributed by atoms with Gasteiger partial charge in [-0.25, -0.2) is 4.79 Å². The highest BCUT2D eigenvalue weighted by Crippen LogP contribution is 2.36. The third-order valence-corrected chi connectivity index (χ3v) is 5.27. The number of nitrogens with zero attached hydrogens (tertiary/aromatic N) is 1. The average molecular weight is 357 g/mol. The zero-order valence-corrected chi connectivity index (χ0v) is 14.9. The van der Waals surface area contributed by atoms with E-state index < -0.39 is 41.5 Å². The van der Waals surface area contributed by atoms with E-state index in [9.17, 15) is 24.6 Å². The van der Waals surface area contributed by atoms with Gasteiger partial charge in [-0.05, 0) is 32.1 Å². The van der Waals surface area contributed by atoms with Crippen molar-refractivity contribution >= 4 is 17.7 Å². The van der Waals surface area contributed by atoms with E-state index >= 15 is 0 Å². The summed E-state index contributed by atoms with van der Waals surface area (Å²) < 4.78 is 10.9. The van der Waals surface area contributed by atoms with Gasteiger partial charge in [0.25, 0.3) is 11.7 Å². The van der Waals surface area contributed by atoms with Crippen molar-refractivity contribution in [2.45, 2.75) is 70.0 Å². The molecule has 2 aliphatic heterocycles. The van der Waals surface area contributed by atoms with Crippen molar-refractivity contribution in [3.63, 3.8) is 0 Å². The molecule has 2 saturated heterocycles. The first-order valence-corrected chi connectivity index (χ1v) is 8.77. The van der Waals surface area contributed by atoms with Gasteiger partial charge in [-0.3, -0.25) is 9.59 Å². The summed E-state index contributed by atoms with van der Waals surface area (Å²) in [7, 11) is 1.53. The molecule has 0 spiro atoms. The van der Waals surface area contributed by atoms with Crippen molar-refractivity contribution < 1.29 is 34.1 Å². The Morgan fingerprint density at radius 1 is 1.32 bits per heavy atom. The summed E-state index contributed by atoms with van der Waals surface area (Å²) >= 11 is 0. The predicted octanol–water partition coefficient (Wildman–Crippen LogP) is 0.560. The van der Waals surface area contributed by atoms with Crippen LogP contribution in [0.15, 0.2) is 0 Å². The van der Waals surface area contributed by atoms with Crippen LogP contribution in [0.2, 0.25) is 0 Å². The molecule has 8 heteroatoms. The Kier molecular flexibility index (Phi) is 6.18. The van der Waals surface area contributed by atoms with Crippen LogP contribution in [-0.4, -0.2) is 70.5 Å². The van der Waals surface area contributed by atoms with Gasteiger partial charge in [-0.1, -0.05) is 13.8 Å². The number of ketones is 1. The molecule has 2 rings (SSSR count). The number of carbonyl (C=O) groups excluding carboxylic acids is 2. The maximum Gasteiger partial charge on any atom is 0.326 e. The van der Waals surface area contributed by atoms with Crippen LogP contribution in [0.5, 0.6) is 0 Å². The Bertz CT molecular complexity index is 537. The Morgan fingerprint density at radius 2 is 2.00 bits per heavy atom. The minimum atomic E-state index is -2.26. The molecule has 0 aromatic rings. The number of carboxylic acids is 1. The molecular weight excluding hydrogens is 330 g/mol. The van der Waals surface area contributed by atoms with E-state index in [1.165, 1.54) is 7.11 Å². The Labute approximate surface area is 147 Å². The molecule has 2 N–H and O–H groups in total. The van der Waals surface area contributed by atoms with Gasteiger partial charge in [0.1, 0.15) is 6.04 Å². The first-order valence-electron chi connectivity index (χ1n) is 8.77. The standard InChI is InChI=1S/C17H27NO7/c1-4-12-13(24-3)9-10(2)17(23,25-12)14(19)15(20)18-8-6-5-7-11(18)16(21)22/h10-13,23H,4-9H2,1-3H3,(H,21,22)/t10-,11+,12?,13+,17-/m1/s1. The zero-order valence-electron chi connectivity index (χ0n) is 14.9. The molecule has 25 heavy (non-hydrogen) atoms. The first-order chi connectivity index (χ1) is 11.8. The predicted molar refractivity (Wildman–Crippen MR) is 86.7 cm³/mol. The molecule has 5 atom stereocenters. The number of carbonyl (C=O) groups is 3. The third kappa shape index (κ3) is 3.70. The summed E-state index contributed by atoms with van der Waals surface area (Å²) in [5.41, 5.74) is 0. The Morgan fingerprint density at radius 3 is 2.56 bits per heavy atom. The maximum absolute atomic E-state index is 12.8. The molecule has 2 fully saturated rings. The van der Waals surface area contributed by atoms with E-state index in [1.807, 2.05) is 6.92 Å². The smallest absolute Gasteiger partial charge is 0.326 e. The van der Waals surface area contributed by atoms with Gasteiger partial charge in [0.15, 0.2) is 0 Å². The minimum Gasteiger partial charge on any atom is -0.480 e. The van der Waals surface area contributed by atoms with Crippen LogP contribution >= 0.6 is 0 Å². The molecule has 2 heterocycles. The van der Waals surface area contributed by atoms with Gasteiger partial charge in [0.2, 0.25) is 5.79 Å². The normalized spacial score (nSPS) is 36.1. The van der Waals surface area contributed by atoms with E-state index in [4.69, 9.17) is 9.47 Å². The van der Waals surface area contributed by atoms with E-state index in [0.717, 1.165) is 4.90 Å². The topological polar surface area (TPSA) is 113 Å². The lowest BCUT2D eigenvalue weighted by Gasteiger charge is -2.44. The number of aliphatic hydroxyl groups is 1. The number of carboxylic acid groups (broad SMARTS) is 1. The second-order valence-electron chi connectivity index (χ2n) is 6.85. The highest BCUT2D eigenvalue weighted by molar-refractivity contribution is 6.39. The summed E-state index contributed by atoms with van der Waals surface area (Å²) in [6.45, 7) is 3.64. The molecule has 0 bridgehead atoms. The average Bonchev–Trinajstić information content (AvgIpc) is 2.62. The van der Waals surface area contributed by atoms with Crippen molar-refractivity contribution in [3.05, 3.63) is 0 Å². The van der Waals surface area contributed by atoms with Gasteiger partial charge in [-0.2, -0.15) is 0 Å². The number of aliphatic carboxylic acids is 1. The fourth-order valence-corrected chi connectivity index (χ4v) is 3.67. The van der Waals surface area contributed by atoms with E-state index in [1.54, 1.807) is 6.92 Å². The molecule has 0 aromatic carbocycles. The molecule has 0 radical (unpaired) electrons. The van der Waals surface area contributed by atoms with Crippen LogP contribution in [-0.2, 0) is 23.9 Å². The van der Waals surface area contributed by atoms with E-state index in [0.29, 0.717) is 32.1 Å². The number of likely N-dealkylation sites (tertiary alicyclic amines) is 1. The first kappa shape index (κ1) is 19.8. The van der Waals surface area contributed by atoms with Crippen molar-refractivity contribution in [1.29, 1.82) is 0 Å². The van der Waals surface area contributed by atoms with Crippen LogP contribution in [0.25, 0.3) is 0 Å². The van der Waals surface area contributed by atoms with Crippen LogP contribution in [0.3, 0.4) is 0 Å². The van der Waals surface area contributed by atoms with E-state index in [2.05, 4.69) is 0 Å². The number of rotatable bonds is 5. The number of ether oxygens (including phenoxy) is 2. The molecule has 0 aliphatic carbocycles. The summed E-state index contributed by atoms with van der Waals surface area (Å²) in [5, 5.41) is 20.1. The monoisotopic (exact) mass is 357 g/mol. The maximum atomic E-state index is 12.8. The Hall–Kier alpha value is -1.51. The highest BCUT2D eigenvalue weighted by atomic mass is 16.7. The molecule has 142 valence electrons. The summed E-state index contributed by atoms with van der Waals surface area (Å²) in [4.78, 5) is 37.8. The van der Waals surface area contributed by atoms with Crippen molar-refractivity contribution in [2.24, 2.45) is 5.92 Å². The van der Waals surface area contributed by atoms with Gasteiger partial charge in [-0.15, -0.1) is 0 Å². The van der Waals surface area contributed by atoms with Crippen LogP contribution in [0.1, 0.15) is 46.0 Å². The lowest BCUT2D eigenvalue weighted by atomic mass is 9.84. The summed E-state index contributed by atoms with van der Waals surface area (Å²) in [6, 6.07) is -1.04. The molecular formula is C17H27NO7. The second-order valence-corrected chi connectivity index (χ2v) is 6.85. The number of hydrogen-bond donors (Lipinski definition) is 2. The zero-order chi connectivity index (χ0) is 18.8. The largest absolute Gasteiger partial charge is 0.480 e. The van der Waals surface area contributed by atoms with Crippen molar-refractivity contribution in [2.75, 3.05) is 13.7 Å². The Balaban J connectivity index is 2.22. The van der Waals surface area contributed by atoms with E-state index in [-0.39, 0.29) is 12.6 Å². The number of hydrogen-bond acceptors (Lipinski definition) is 6. The van der Waals surface area contributed by atoms with Crippen molar-refractivity contribution in [1.82, 2.24) is 4.90 Å². The summed E-state index contributed by atoms with van der Waals surface area (Å²) in [5.74, 6) is -6.14. The summed E-state index contributed by atoms with van der Waals surface area (Å²) in [6.07, 6.45) is 1.70. The van der Waals surface area contributed by atoms with Gasteiger partial charge < -0.3 is 24.6 Å². The SMILES string of the molecule is CCC1O[C@@](O)(C(=O)C(=O)N2CCCC[C@H]2C(=O)O)[C@H](C)C[C@@H]1OC. The molecule has 0 saturated carbocycles. The van der Waals surface area contributed by atoms with Gasteiger partial charge >= 0.3 is 5.97 Å². The number of piperidine rings is 1.